The maximum Gasteiger partial charge on any atom is 0.335 e. The van der Waals surface area contributed by atoms with Crippen LogP contribution in [0.3, 0.4) is 0 Å². The average molecular weight is 383 g/mol. The van der Waals surface area contributed by atoms with Gasteiger partial charge in [0.15, 0.2) is 0 Å². The molecule has 5 nitrogen and oxygen atoms in total. The Morgan fingerprint density at radius 2 is 1.89 bits per heavy atom. The van der Waals surface area contributed by atoms with Crippen LogP contribution in [0.2, 0.25) is 0 Å². The largest absolute Gasteiger partial charge is 0.478 e. The number of nitroso groups, excluding NO2 is 1. The highest BCUT2D eigenvalue weighted by atomic mass is 16.5. The van der Waals surface area contributed by atoms with Crippen LogP contribution in [-0.4, -0.2) is 29.3 Å². The number of nitrogens with zero attached hydrogens (tertiary/aromatic N) is 1. The maximum atomic E-state index is 11.5. The summed E-state index contributed by atoms with van der Waals surface area (Å²) >= 11 is 0. The highest BCUT2D eigenvalue weighted by molar-refractivity contribution is 5.87. The van der Waals surface area contributed by atoms with E-state index in [2.05, 4.69) is 38.9 Å². The van der Waals surface area contributed by atoms with Crippen LogP contribution in [0.4, 0.5) is 0 Å². The molecule has 28 heavy (non-hydrogen) atoms. The van der Waals surface area contributed by atoms with Gasteiger partial charge in [0.2, 0.25) is 0 Å². The first-order valence-electron chi connectivity index (χ1n) is 9.46. The fourth-order valence-corrected chi connectivity index (χ4v) is 3.56. The molecule has 1 N–H and O–H groups in total. The van der Waals surface area contributed by atoms with Gasteiger partial charge in [-0.2, -0.15) is 0 Å². The summed E-state index contributed by atoms with van der Waals surface area (Å²) in [5, 5.41) is 12.3. The standard InChI is InChI=1S/C23H29NO4/c1-22(2)14-13-18(6-5-15-28-23(3,4)16-22)20(24-27)12-9-17-7-10-19(11-8-17)21(25)26/h5-13,20H,14-16H2,1-4H3,(H,25,26). The topological polar surface area (TPSA) is 76.0 Å². The number of allylic oxidation sites excluding steroid dienone is 1. The SMILES string of the molecule is CC1(C)CC=C(C(C=Cc2ccc(C(=O)O)cc2)N=O)C=CCOC(C)(C)C1. The van der Waals surface area contributed by atoms with Crippen LogP contribution >= 0.6 is 0 Å². The summed E-state index contributed by atoms with van der Waals surface area (Å²) in [7, 11) is 0. The van der Waals surface area contributed by atoms with Crippen LogP contribution in [0.25, 0.3) is 6.08 Å². The molecular weight excluding hydrogens is 354 g/mol. The summed E-state index contributed by atoms with van der Waals surface area (Å²) in [4.78, 5) is 22.4. The van der Waals surface area contributed by atoms with E-state index in [-0.39, 0.29) is 16.6 Å². The van der Waals surface area contributed by atoms with Gasteiger partial charge >= 0.3 is 5.97 Å². The van der Waals surface area contributed by atoms with Crippen molar-refractivity contribution in [2.24, 2.45) is 10.6 Å². The van der Waals surface area contributed by atoms with Crippen LogP contribution in [-0.2, 0) is 4.74 Å². The minimum absolute atomic E-state index is 0.0315. The molecule has 1 atom stereocenters. The quantitative estimate of drug-likeness (QED) is 0.669. The summed E-state index contributed by atoms with van der Waals surface area (Å²) < 4.78 is 5.97. The lowest BCUT2D eigenvalue weighted by Crippen LogP contribution is -2.32. The van der Waals surface area contributed by atoms with E-state index in [1.54, 1.807) is 24.3 Å². The van der Waals surface area contributed by atoms with Gasteiger partial charge in [0.1, 0.15) is 6.04 Å². The lowest BCUT2D eigenvalue weighted by molar-refractivity contribution is -0.0319. The summed E-state index contributed by atoms with van der Waals surface area (Å²) in [6.45, 7) is 9.07. The Morgan fingerprint density at radius 1 is 1.21 bits per heavy atom. The van der Waals surface area contributed by atoms with Gasteiger partial charge in [0.25, 0.3) is 0 Å². The van der Waals surface area contributed by atoms with Crippen molar-refractivity contribution in [2.45, 2.75) is 52.2 Å². The molecule has 5 heteroatoms. The molecule has 150 valence electrons. The number of carboxylic acid groups (broad SMARTS) is 1. The lowest BCUT2D eigenvalue weighted by atomic mass is 9.78. The van der Waals surface area contributed by atoms with E-state index in [4.69, 9.17) is 9.84 Å². The fraction of sp³-hybridized carbons (Fsp3) is 0.435. The zero-order valence-corrected chi connectivity index (χ0v) is 17.0. The maximum absolute atomic E-state index is 11.5. The molecule has 0 amide bonds. The van der Waals surface area contributed by atoms with Gasteiger partial charge < -0.3 is 9.84 Å². The Hall–Kier alpha value is -2.53. The Morgan fingerprint density at radius 3 is 2.50 bits per heavy atom. The third-order valence-corrected chi connectivity index (χ3v) is 4.76. The molecule has 1 aromatic carbocycles. The Bertz CT molecular complexity index is 785. The van der Waals surface area contributed by atoms with Crippen molar-refractivity contribution in [2.75, 3.05) is 6.61 Å². The molecule has 0 bridgehead atoms. The van der Waals surface area contributed by atoms with Crippen LogP contribution in [0, 0.1) is 10.3 Å². The van der Waals surface area contributed by atoms with Gasteiger partial charge in [-0.15, -0.1) is 4.91 Å². The first kappa shape index (κ1) is 21.8. The van der Waals surface area contributed by atoms with Crippen molar-refractivity contribution < 1.29 is 14.6 Å². The third kappa shape index (κ3) is 6.57. The van der Waals surface area contributed by atoms with Crippen molar-refractivity contribution in [1.29, 1.82) is 0 Å². The van der Waals surface area contributed by atoms with Gasteiger partial charge in [-0.3, -0.25) is 0 Å². The number of aromatic carboxylic acids is 1. The monoisotopic (exact) mass is 383 g/mol. The number of rotatable bonds is 5. The molecule has 1 aliphatic heterocycles. The molecule has 1 unspecified atom stereocenters. The van der Waals surface area contributed by atoms with Crippen LogP contribution < -0.4 is 0 Å². The molecule has 1 aliphatic rings. The molecule has 0 saturated carbocycles. The minimum Gasteiger partial charge on any atom is -0.478 e. The van der Waals surface area contributed by atoms with Crippen LogP contribution in [0.15, 0.2) is 59.3 Å². The Balaban J connectivity index is 2.21. The van der Waals surface area contributed by atoms with Crippen molar-refractivity contribution in [1.82, 2.24) is 0 Å². The molecule has 0 aliphatic carbocycles. The van der Waals surface area contributed by atoms with Gasteiger partial charge in [0, 0.05) is 0 Å². The van der Waals surface area contributed by atoms with Crippen molar-refractivity contribution in [3.8, 4) is 0 Å². The van der Waals surface area contributed by atoms with Crippen LogP contribution in [0.5, 0.6) is 0 Å². The number of carbonyl (C=O) groups is 1. The highest BCUT2D eigenvalue weighted by Gasteiger charge is 2.29. The van der Waals surface area contributed by atoms with Gasteiger partial charge in [0.05, 0.1) is 17.8 Å². The van der Waals surface area contributed by atoms with Gasteiger partial charge in [-0.25, -0.2) is 4.79 Å². The number of ether oxygens (including phenoxy) is 1. The fourth-order valence-electron chi connectivity index (χ4n) is 3.56. The average Bonchev–Trinajstić information content (AvgIpc) is 2.61. The van der Waals surface area contributed by atoms with E-state index in [0.717, 1.165) is 24.0 Å². The number of benzene rings is 1. The molecule has 1 heterocycles. The smallest absolute Gasteiger partial charge is 0.335 e. The van der Waals surface area contributed by atoms with E-state index >= 15 is 0 Å². The molecule has 0 spiro atoms. The summed E-state index contributed by atoms with van der Waals surface area (Å²) in [6.07, 6.45) is 11.1. The van der Waals surface area contributed by atoms with Gasteiger partial charge in [-0.05, 0) is 55.4 Å². The Labute approximate surface area is 166 Å². The minimum atomic E-state index is -0.965. The summed E-state index contributed by atoms with van der Waals surface area (Å²) in [5.74, 6) is -0.965. The molecule has 0 aromatic heterocycles. The predicted octanol–water partition coefficient (Wildman–Crippen LogP) is 5.63. The second-order valence-electron chi connectivity index (χ2n) is 8.56. The van der Waals surface area contributed by atoms with Gasteiger partial charge in [-0.1, -0.05) is 61.5 Å². The van der Waals surface area contributed by atoms with E-state index in [1.165, 1.54) is 12.1 Å². The molecule has 2 rings (SSSR count). The second-order valence-corrected chi connectivity index (χ2v) is 8.56. The molecule has 0 radical (unpaired) electrons. The molecule has 1 aromatic rings. The van der Waals surface area contributed by atoms with Crippen molar-refractivity contribution in [3.05, 3.63) is 70.2 Å². The second kappa shape index (κ2) is 9.11. The number of hydrogen-bond donors (Lipinski definition) is 1. The van der Waals surface area contributed by atoms with E-state index < -0.39 is 12.0 Å². The zero-order valence-electron chi connectivity index (χ0n) is 17.0. The molecule has 0 fully saturated rings. The molecule has 0 saturated heterocycles. The first-order chi connectivity index (χ1) is 13.1. The number of carboxylic acids is 1. The van der Waals surface area contributed by atoms with E-state index in [1.807, 2.05) is 12.2 Å². The van der Waals surface area contributed by atoms with E-state index in [0.29, 0.717) is 6.61 Å². The van der Waals surface area contributed by atoms with Crippen molar-refractivity contribution in [3.63, 3.8) is 0 Å². The number of hydrogen-bond acceptors (Lipinski definition) is 4. The van der Waals surface area contributed by atoms with Crippen LogP contribution in [0.1, 0.15) is 56.5 Å². The normalized spacial score (nSPS) is 20.4. The Kier molecular flexibility index (Phi) is 7.08. The summed E-state index contributed by atoms with van der Waals surface area (Å²) in [5.41, 5.74) is 1.71. The zero-order chi connectivity index (χ0) is 20.8. The third-order valence-electron chi connectivity index (χ3n) is 4.76. The summed E-state index contributed by atoms with van der Waals surface area (Å²) in [6, 6.07) is 5.88. The highest BCUT2D eigenvalue weighted by Crippen LogP contribution is 2.35. The first-order valence-corrected chi connectivity index (χ1v) is 9.46. The van der Waals surface area contributed by atoms with Crippen molar-refractivity contribution >= 4 is 12.0 Å². The lowest BCUT2D eigenvalue weighted by Gasteiger charge is -2.35. The predicted molar refractivity (Wildman–Crippen MR) is 112 cm³/mol. The van der Waals surface area contributed by atoms with E-state index in [9.17, 15) is 9.70 Å². The molecular formula is C23H29NO4.